The van der Waals surface area contributed by atoms with Crippen molar-refractivity contribution in [1.29, 1.82) is 0 Å². The van der Waals surface area contributed by atoms with Crippen molar-refractivity contribution in [1.82, 2.24) is 15.1 Å². The largest absolute Gasteiger partial charge is 0.314 e. The second-order valence-corrected chi connectivity index (χ2v) is 6.42. The Morgan fingerprint density at radius 2 is 2.16 bits per heavy atom. The normalized spacial score (nSPS) is 24.4. The predicted molar refractivity (Wildman–Crippen MR) is 83.5 cm³/mol. The first-order valence-electron chi connectivity index (χ1n) is 7.70. The molecule has 1 saturated carbocycles. The monoisotopic (exact) mass is 327 g/mol. The molecule has 1 aliphatic rings. The second kappa shape index (κ2) is 7.44. The summed E-state index contributed by atoms with van der Waals surface area (Å²) in [5.74, 6) is 0.647. The highest BCUT2D eigenvalue weighted by atomic mass is 79.9. The van der Waals surface area contributed by atoms with Crippen molar-refractivity contribution in [3.8, 4) is 0 Å². The SMILES string of the molecule is CCCNC1CCCCC(c2c(Br)cnn2CC)C1. The summed E-state index contributed by atoms with van der Waals surface area (Å²) in [5, 5.41) is 8.19. The zero-order chi connectivity index (χ0) is 13.7. The number of hydrogen-bond acceptors (Lipinski definition) is 2. The number of nitrogens with zero attached hydrogens (tertiary/aromatic N) is 2. The van der Waals surface area contributed by atoms with E-state index in [9.17, 15) is 0 Å². The number of nitrogens with one attached hydrogen (secondary N) is 1. The maximum absolute atomic E-state index is 4.48. The molecule has 0 amide bonds. The lowest BCUT2D eigenvalue weighted by atomic mass is 9.94. The summed E-state index contributed by atoms with van der Waals surface area (Å²) in [7, 11) is 0. The molecule has 2 unspecified atom stereocenters. The van der Waals surface area contributed by atoms with Gasteiger partial charge in [-0.3, -0.25) is 4.68 Å². The van der Waals surface area contributed by atoms with Gasteiger partial charge in [0.25, 0.3) is 0 Å². The van der Waals surface area contributed by atoms with Gasteiger partial charge in [0, 0.05) is 18.5 Å². The molecule has 1 N–H and O–H groups in total. The number of rotatable bonds is 5. The zero-order valence-corrected chi connectivity index (χ0v) is 13.7. The van der Waals surface area contributed by atoms with E-state index in [1.54, 1.807) is 0 Å². The van der Waals surface area contributed by atoms with Crippen molar-refractivity contribution in [2.45, 2.75) is 70.9 Å². The van der Waals surface area contributed by atoms with Crippen LogP contribution in [-0.2, 0) is 6.54 Å². The van der Waals surface area contributed by atoms with Crippen LogP contribution in [0.25, 0.3) is 0 Å². The van der Waals surface area contributed by atoms with Crippen LogP contribution in [0, 0.1) is 0 Å². The first-order chi connectivity index (χ1) is 9.26. The van der Waals surface area contributed by atoms with Gasteiger partial charge in [0.15, 0.2) is 0 Å². The van der Waals surface area contributed by atoms with Gasteiger partial charge in [0.1, 0.15) is 0 Å². The van der Waals surface area contributed by atoms with Crippen molar-refractivity contribution in [3.05, 3.63) is 16.4 Å². The van der Waals surface area contributed by atoms with Crippen LogP contribution in [0.3, 0.4) is 0 Å². The van der Waals surface area contributed by atoms with Crippen molar-refractivity contribution >= 4 is 15.9 Å². The van der Waals surface area contributed by atoms with E-state index < -0.39 is 0 Å². The van der Waals surface area contributed by atoms with E-state index in [1.807, 2.05) is 6.20 Å². The highest BCUT2D eigenvalue weighted by Gasteiger charge is 2.25. The standard InChI is InChI=1S/C15H26BrN3/c1-3-9-17-13-8-6-5-7-12(10-13)15-14(16)11-18-19(15)4-2/h11-13,17H,3-10H2,1-2H3. The molecule has 1 aliphatic carbocycles. The first kappa shape index (κ1) is 15.0. The van der Waals surface area contributed by atoms with Gasteiger partial charge in [-0.25, -0.2) is 0 Å². The number of hydrogen-bond donors (Lipinski definition) is 1. The second-order valence-electron chi connectivity index (χ2n) is 5.56. The van der Waals surface area contributed by atoms with E-state index in [4.69, 9.17) is 0 Å². The van der Waals surface area contributed by atoms with E-state index in [-0.39, 0.29) is 0 Å². The van der Waals surface area contributed by atoms with Gasteiger partial charge in [-0.1, -0.05) is 19.8 Å². The van der Waals surface area contributed by atoms with Crippen molar-refractivity contribution in [3.63, 3.8) is 0 Å². The van der Waals surface area contributed by atoms with Crippen LogP contribution in [0.1, 0.15) is 64.0 Å². The van der Waals surface area contributed by atoms with Gasteiger partial charge >= 0.3 is 0 Å². The van der Waals surface area contributed by atoms with Gasteiger partial charge in [0.2, 0.25) is 0 Å². The molecule has 19 heavy (non-hydrogen) atoms. The van der Waals surface area contributed by atoms with Crippen molar-refractivity contribution in [2.75, 3.05) is 6.54 Å². The highest BCUT2D eigenvalue weighted by molar-refractivity contribution is 9.10. The Labute approximate surface area is 125 Å². The van der Waals surface area contributed by atoms with Gasteiger partial charge in [-0.05, 0) is 55.1 Å². The molecule has 1 fully saturated rings. The predicted octanol–water partition coefficient (Wildman–Crippen LogP) is 4.08. The van der Waals surface area contributed by atoms with Crippen LogP contribution in [-0.4, -0.2) is 22.4 Å². The fourth-order valence-corrected chi connectivity index (χ4v) is 3.79. The topological polar surface area (TPSA) is 29.9 Å². The lowest BCUT2D eigenvalue weighted by molar-refractivity contribution is 0.425. The Balaban J connectivity index is 2.10. The molecule has 2 rings (SSSR count). The maximum atomic E-state index is 4.48. The Bertz CT molecular complexity index is 389. The molecule has 0 aromatic carbocycles. The minimum Gasteiger partial charge on any atom is -0.314 e. The van der Waals surface area contributed by atoms with Gasteiger partial charge in [-0.2, -0.15) is 5.10 Å². The van der Waals surface area contributed by atoms with Crippen LogP contribution in [0.4, 0.5) is 0 Å². The lowest BCUT2D eigenvalue weighted by Gasteiger charge is -2.22. The molecule has 4 heteroatoms. The molecule has 0 saturated heterocycles. The van der Waals surface area contributed by atoms with Crippen LogP contribution >= 0.6 is 15.9 Å². The summed E-state index contributed by atoms with van der Waals surface area (Å²) in [6.07, 6.45) is 9.76. The van der Waals surface area contributed by atoms with E-state index in [0.717, 1.165) is 13.1 Å². The van der Waals surface area contributed by atoms with Gasteiger partial charge < -0.3 is 5.32 Å². The first-order valence-corrected chi connectivity index (χ1v) is 8.50. The van der Waals surface area contributed by atoms with Crippen molar-refractivity contribution in [2.24, 2.45) is 0 Å². The number of aromatic nitrogens is 2. The molecule has 0 spiro atoms. The summed E-state index contributed by atoms with van der Waals surface area (Å²) < 4.78 is 3.35. The Morgan fingerprint density at radius 1 is 1.37 bits per heavy atom. The molecular weight excluding hydrogens is 302 g/mol. The molecular formula is C15H26BrN3. The molecule has 2 atom stereocenters. The Morgan fingerprint density at radius 3 is 2.89 bits per heavy atom. The molecule has 1 aromatic rings. The average molecular weight is 328 g/mol. The summed E-state index contributed by atoms with van der Waals surface area (Å²) >= 11 is 3.69. The van der Waals surface area contributed by atoms with Gasteiger partial charge in [0.05, 0.1) is 16.4 Å². The van der Waals surface area contributed by atoms with E-state index in [1.165, 1.54) is 48.7 Å². The average Bonchev–Trinajstić information content (AvgIpc) is 2.65. The lowest BCUT2D eigenvalue weighted by Crippen LogP contribution is -2.30. The fourth-order valence-electron chi connectivity index (χ4n) is 3.17. The van der Waals surface area contributed by atoms with Crippen molar-refractivity contribution < 1.29 is 0 Å². The number of halogens is 1. The van der Waals surface area contributed by atoms with E-state index in [2.05, 4.69) is 44.9 Å². The van der Waals surface area contributed by atoms with Gasteiger partial charge in [-0.15, -0.1) is 0 Å². The Hall–Kier alpha value is -0.350. The minimum atomic E-state index is 0.647. The highest BCUT2D eigenvalue weighted by Crippen LogP contribution is 2.35. The maximum Gasteiger partial charge on any atom is 0.0635 e. The molecule has 0 aliphatic heterocycles. The third-order valence-electron chi connectivity index (χ3n) is 4.13. The third kappa shape index (κ3) is 3.82. The third-order valence-corrected chi connectivity index (χ3v) is 4.74. The quantitative estimate of drug-likeness (QED) is 0.826. The number of aryl methyl sites for hydroxylation is 1. The molecule has 1 heterocycles. The molecule has 3 nitrogen and oxygen atoms in total. The summed E-state index contributed by atoms with van der Waals surface area (Å²) in [6.45, 7) is 6.52. The smallest absolute Gasteiger partial charge is 0.0635 e. The van der Waals surface area contributed by atoms with Crippen LogP contribution in [0.15, 0.2) is 10.7 Å². The summed E-state index contributed by atoms with van der Waals surface area (Å²) in [4.78, 5) is 0. The summed E-state index contributed by atoms with van der Waals surface area (Å²) in [6, 6.07) is 0.680. The molecule has 1 aromatic heterocycles. The molecule has 0 radical (unpaired) electrons. The Kier molecular flexibility index (Phi) is 5.89. The zero-order valence-electron chi connectivity index (χ0n) is 12.2. The van der Waals surface area contributed by atoms with E-state index in [0.29, 0.717) is 12.0 Å². The molecule has 108 valence electrons. The summed E-state index contributed by atoms with van der Waals surface area (Å²) in [5.41, 5.74) is 1.41. The van der Waals surface area contributed by atoms with E-state index >= 15 is 0 Å². The van der Waals surface area contributed by atoms with Crippen LogP contribution in [0.2, 0.25) is 0 Å². The fraction of sp³-hybridized carbons (Fsp3) is 0.800. The molecule has 0 bridgehead atoms. The van der Waals surface area contributed by atoms with Crippen LogP contribution in [0.5, 0.6) is 0 Å². The minimum absolute atomic E-state index is 0.647. The van der Waals surface area contributed by atoms with Crippen LogP contribution < -0.4 is 5.32 Å².